The average Bonchev–Trinajstić information content (AvgIpc) is 2.65. The Morgan fingerprint density at radius 2 is 1.95 bits per heavy atom. The van der Waals surface area contributed by atoms with Crippen molar-refractivity contribution in [3.8, 4) is 5.75 Å². The van der Waals surface area contributed by atoms with Gasteiger partial charge in [0.2, 0.25) is 0 Å². The molecular weight excluding hydrogens is 269 g/mol. The third kappa shape index (κ3) is 4.27. The number of allylic oxidation sites excluding steroid dienone is 1. The van der Waals surface area contributed by atoms with Crippen molar-refractivity contribution in [2.24, 2.45) is 0 Å². The zero-order chi connectivity index (χ0) is 14.6. The smallest absolute Gasteiger partial charge is 0.406 e. The monoisotopic (exact) mass is 286 g/mol. The van der Waals surface area contributed by atoms with E-state index in [2.05, 4.69) is 4.74 Å². The van der Waals surface area contributed by atoms with Crippen LogP contribution in [0.3, 0.4) is 0 Å². The fraction of sp³-hybridized carbons (Fsp3) is 0.467. The molecule has 0 aliphatic heterocycles. The third-order valence-corrected chi connectivity index (χ3v) is 3.33. The maximum absolute atomic E-state index is 12.2. The Kier molecular flexibility index (Phi) is 4.70. The highest BCUT2D eigenvalue weighted by Gasteiger charge is 2.31. The van der Waals surface area contributed by atoms with E-state index < -0.39 is 12.5 Å². The molecule has 0 amide bonds. The zero-order valence-electron chi connectivity index (χ0n) is 11.0. The summed E-state index contributed by atoms with van der Waals surface area (Å²) in [5.41, 5.74) is 1.31. The van der Waals surface area contributed by atoms with Crippen LogP contribution < -0.4 is 4.74 Å². The first-order chi connectivity index (χ1) is 9.46. The number of rotatable bonds is 3. The van der Waals surface area contributed by atoms with Crippen LogP contribution in [0.15, 0.2) is 35.9 Å². The lowest BCUT2D eigenvalue weighted by atomic mass is 9.98. The van der Waals surface area contributed by atoms with Crippen LogP contribution in [0.5, 0.6) is 5.75 Å². The molecule has 0 saturated heterocycles. The predicted octanol–water partition coefficient (Wildman–Crippen LogP) is 4.51. The molecule has 0 radical (unpaired) electrons. The molecule has 0 fully saturated rings. The number of hydrogen-bond acceptors (Lipinski definition) is 2. The van der Waals surface area contributed by atoms with Gasteiger partial charge in [0.05, 0.1) is 0 Å². The first kappa shape index (κ1) is 14.9. The molecule has 1 aliphatic carbocycles. The van der Waals surface area contributed by atoms with Gasteiger partial charge >= 0.3 is 6.36 Å². The molecule has 20 heavy (non-hydrogen) atoms. The van der Waals surface area contributed by atoms with Crippen LogP contribution in [0.1, 0.15) is 43.8 Å². The van der Waals surface area contributed by atoms with Crippen molar-refractivity contribution in [1.82, 2.24) is 0 Å². The van der Waals surface area contributed by atoms with E-state index in [0.717, 1.165) is 37.7 Å². The van der Waals surface area contributed by atoms with Gasteiger partial charge in [0.1, 0.15) is 11.9 Å². The maximum atomic E-state index is 12.2. The molecule has 2 nitrogen and oxygen atoms in total. The summed E-state index contributed by atoms with van der Waals surface area (Å²) in [5, 5.41) is 10.3. The van der Waals surface area contributed by atoms with Crippen molar-refractivity contribution in [3.63, 3.8) is 0 Å². The van der Waals surface area contributed by atoms with Gasteiger partial charge in [-0.05, 0) is 49.0 Å². The molecule has 1 atom stereocenters. The van der Waals surface area contributed by atoms with Crippen molar-refractivity contribution >= 4 is 0 Å². The molecule has 5 heteroatoms. The van der Waals surface area contributed by atoms with Gasteiger partial charge in [0, 0.05) is 0 Å². The van der Waals surface area contributed by atoms with Crippen molar-refractivity contribution in [1.29, 1.82) is 0 Å². The van der Waals surface area contributed by atoms with E-state index in [4.69, 9.17) is 0 Å². The van der Waals surface area contributed by atoms with E-state index in [1.165, 1.54) is 18.2 Å². The summed E-state index contributed by atoms with van der Waals surface area (Å²) in [6, 6.07) is 5.53. The Balaban J connectivity index is 2.15. The molecule has 1 aromatic rings. The molecule has 1 N–H and O–H groups in total. The highest BCUT2D eigenvalue weighted by atomic mass is 19.4. The molecule has 2 rings (SSSR count). The van der Waals surface area contributed by atoms with Gasteiger partial charge in [-0.2, -0.15) is 0 Å². The quantitative estimate of drug-likeness (QED) is 0.828. The lowest BCUT2D eigenvalue weighted by Gasteiger charge is -2.16. The van der Waals surface area contributed by atoms with Crippen LogP contribution in [0.4, 0.5) is 13.2 Å². The number of aliphatic hydroxyl groups is 1. The minimum absolute atomic E-state index is 0.303. The van der Waals surface area contributed by atoms with E-state index in [9.17, 15) is 18.3 Å². The van der Waals surface area contributed by atoms with Gasteiger partial charge in [-0.25, -0.2) is 0 Å². The SMILES string of the molecule is OC(C1=CCCCCC1)c1cccc(OC(F)(F)F)c1. The molecule has 1 aliphatic rings. The second kappa shape index (κ2) is 6.31. The van der Waals surface area contributed by atoms with Crippen molar-refractivity contribution < 1.29 is 23.0 Å². The molecule has 110 valence electrons. The van der Waals surface area contributed by atoms with E-state index in [-0.39, 0.29) is 5.75 Å². The summed E-state index contributed by atoms with van der Waals surface area (Å²) in [5.74, 6) is -0.303. The summed E-state index contributed by atoms with van der Waals surface area (Å²) in [6.07, 6.45) is 1.32. The van der Waals surface area contributed by atoms with Crippen LogP contribution in [-0.2, 0) is 0 Å². The standard InChI is InChI=1S/C15H17F3O2/c16-15(17,18)20-13-9-5-8-12(10-13)14(19)11-6-3-1-2-4-7-11/h5-6,8-10,14,19H,1-4,7H2. The largest absolute Gasteiger partial charge is 0.573 e. The Morgan fingerprint density at radius 1 is 1.15 bits per heavy atom. The molecule has 0 bridgehead atoms. The Morgan fingerprint density at radius 3 is 2.70 bits per heavy atom. The minimum Gasteiger partial charge on any atom is -0.406 e. The van der Waals surface area contributed by atoms with Crippen molar-refractivity contribution in [2.75, 3.05) is 0 Å². The number of alkyl halides is 3. The summed E-state index contributed by atoms with van der Waals surface area (Å²) in [6.45, 7) is 0. The molecular formula is C15H17F3O2. The van der Waals surface area contributed by atoms with Gasteiger partial charge in [-0.15, -0.1) is 13.2 Å². The fourth-order valence-corrected chi connectivity index (χ4v) is 2.38. The van der Waals surface area contributed by atoms with Crippen LogP contribution in [0, 0.1) is 0 Å². The number of halogens is 3. The second-order valence-electron chi connectivity index (χ2n) is 4.90. The highest BCUT2D eigenvalue weighted by molar-refractivity contribution is 5.34. The van der Waals surface area contributed by atoms with E-state index in [0.29, 0.717) is 5.56 Å². The number of hydrogen-bond donors (Lipinski definition) is 1. The Hall–Kier alpha value is -1.49. The van der Waals surface area contributed by atoms with Crippen LogP contribution in [0.25, 0.3) is 0 Å². The van der Waals surface area contributed by atoms with E-state index in [1.807, 2.05) is 6.08 Å². The van der Waals surface area contributed by atoms with Crippen LogP contribution in [-0.4, -0.2) is 11.5 Å². The topological polar surface area (TPSA) is 29.5 Å². The fourth-order valence-electron chi connectivity index (χ4n) is 2.38. The van der Waals surface area contributed by atoms with Gasteiger partial charge in [-0.3, -0.25) is 0 Å². The molecule has 0 spiro atoms. The zero-order valence-corrected chi connectivity index (χ0v) is 11.0. The first-order valence-corrected chi connectivity index (χ1v) is 6.68. The van der Waals surface area contributed by atoms with Crippen LogP contribution in [0.2, 0.25) is 0 Å². The molecule has 0 heterocycles. The summed E-state index contributed by atoms with van der Waals surface area (Å²) >= 11 is 0. The van der Waals surface area contributed by atoms with Gasteiger partial charge in [0.15, 0.2) is 0 Å². The second-order valence-corrected chi connectivity index (χ2v) is 4.90. The molecule has 1 aromatic carbocycles. The van der Waals surface area contributed by atoms with Crippen LogP contribution >= 0.6 is 0 Å². The third-order valence-electron chi connectivity index (χ3n) is 3.33. The molecule has 1 unspecified atom stereocenters. The lowest BCUT2D eigenvalue weighted by molar-refractivity contribution is -0.274. The lowest BCUT2D eigenvalue weighted by Crippen LogP contribution is -2.17. The average molecular weight is 286 g/mol. The van der Waals surface area contributed by atoms with Gasteiger partial charge in [-0.1, -0.05) is 24.6 Å². The molecule has 0 aromatic heterocycles. The molecule has 0 saturated carbocycles. The first-order valence-electron chi connectivity index (χ1n) is 6.68. The van der Waals surface area contributed by atoms with Crippen molar-refractivity contribution in [2.45, 2.75) is 44.6 Å². The summed E-state index contributed by atoms with van der Waals surface area (Å²) in [7, 11) is 0. The number of aliphatic hydroxyl groups excluding tert-OH is 1. The number of benzene rings is 1. The minimum atomic E-state index is -4.72. The Bertz CT molecular complexity index is 480. The van der Waals surface area contributed by atoms with Gasteiger partial charge < -0.3 is 9.84 Å². The van der Waals surface area contributed by atoms with E-state index >= 15 is 0 Å². The van der Waals surface area contributed by atoms with Crippen molar-refractivity contribution in [3.05, 3.63) is 41.5 Å². The maximum Gasteiger partial charge on any atom is 0.573 e. The summed E-state index contributed by atoms with van der Waals surface area (Å²) < 4.78 is 40.4. The van der Waals surface area contributed by atoms with E-state index in [1.54, 1.807) is 6.07 Å². The highest BCUT2D eigenvalue weighted by Crippen LogP contribution is 2.31. The van der Waals surface area contributed by atoms with Gasteiger partial charge in [0.25, 0.3) is 0 Å². The Labute approximate surface area is 115 Å². The summed E-state index contributed by atoms with van der Waals surface area (Å²) in [4.78, 5) is 0. The normalized spacial score (nSPS) is 18.1. The predicted molar refractivity (Wildman–Crippen MR) is 69.3 cm³/mol. The number of ether oxygens (including phenoxy) is 1.